The van der Waals surface area contributed by atoms with Crippen LogP contribution < -0.4 is 5.73 Å². The van der Waals surface area contributed by atoms with Crippen molar-refractivity contribution in [2.75, 3.05) is 6.54 Å². The van der Waals surface area contributed by atoms with Gasteiger partial charge in [0.15, 0.2) is 0 Å². The van der Waals surface area contributed by atoms with Crippen LogP contribution in [0.4, 0.5) is 4.39 Å². The maximum atomic E-state index is 13.4. The Hall–Kier alpha value is -0.410. The third-order valence-corrected chi connectivity index (χ3v) is 4.58. The largest absolute Gasteiger partial charge is 0.330 e. The first-order chi connectivity index (χ1) is 8.58. The molecule has 1 aromatic rings. The lowest BCUT2D eigenvalue weighted by Crippen LogP contribution is -2.31. The predicted molar refractivity (Wildman–Crippen MR) is 76.9 cm³/mol. The van der Waals surface area contributed by atoms with Gasteiger partial charge in [-0.3, -0.25) is 0 Å². The molecule has 1 saturated carbocycles. The quantitative estimate of drug-likeness (QED) is 0.891. The van der Waals surface area contributed by atoms with Crippen LogP contribution in [0.5, 0.6) is 0 Å². The molecule has 0 aliphatic heterocycles. The van der Waals surface area contributed by atoms with E-state index in [-0.39, 0.29) is 5.82 Å². The second-order valence-electron chi connectivity index (χ2n) is 5.66. The lowest BCUT2D eigenvalue weighted by molar-refractivity contribution is 0.193. The van der Waals surface area contributed by atoms with E-state index in [2.05, 4.69) is 22.9 Å². The van der Waals surface area contributed by atoms with Crippen LogP contribution in [0.3, 0.4) is 0 Å². The summed E-state index contributed by atoms with van der Waals surface area (Å²) in [6, 6.07) is 5.18. The minimum absolute atomic E-state index is 0.160. The molecule has 0 aromatic heterocycles. The van der Waals surface area contributed by atoms with Crippen LogP contribution in [0, 0.1) is 23.6 Å². The van der Waals surface area contributed by atoms with E-state index >= 15 is 0 Å². The first-order valence-corrected chi connectivity index (χ1v) is 7.52. The predicted octanol–water partition coefficient (Wildman–Crippen LogP) is 4.14. The number of hydrogen-bond donors (Lipinski definition) is 1. The molecular weight excluding hydrogens is 293 g/mol. The van der Waals surface area contributed by atoms with Crippen LogP contribution in [0.25, 0.3) is 0 Å². The van der Waals surface area contributed by atoms with Crippen LogP contribution in [0.2, 0.25) is 0 Å². The highest BCUT2D eigenvalue weighted by Gasteiger charge is 2.27. The van der Waals surface area contributed by atoms with Gasteiger partial charge in [-0.25, -0.2) is 4.39 Å². The fourth-order valence-electron chi connectivity index (χ4n) is 3.15. The summed E-state index contributed by atoms with van der Waals surface area (Å²) in [7, 11) is 0. The van der Waals surface area contributed by atoms with Crippen molar-refractivity contribution < 1.29 is 4.39 Å². The maximum Gasteiger partial charge on any atom is 0.124 e. The molecule has 1 nitrogen and oxygen atoms in total. The zero-order valence-corrected chi connectivity index (χ0v) is 12.4. The van der Waals surface area contributed by atoms with Gasteiger partial charge in [-0.05, 0) is 67.3 Å². The SMILES string of the molecule is CC1CCC(CN)C(Cc2cc(F)cc(Br)c2)C1. The molecule has 100 valence electrons. The number of rotatable bonds is 3. The normalized spacial score (nSPS) is 28.3. The summed E-state index contributed by atoms with van der Waals surface area (Å²) < 4.78 is 14.2. The Kier molecular flexibility index (Phi) is 4.79. The number of benzene rings is 1. The molecule has 3 atom stereocenters. The van der Waals surface area contributed by atoms with Crippen molar-refractivity contribution in [3.63, 3.8) is 0 Å². The first-order valence-electron chi connectivity index (χ1n) is 6.73. The van der Waals surface area contributed by atoms with Gasteiger partial charge in [0.1, 0.15) is 5.82 Å². The summed E-state index contributed by atoms with van der Waals surface area (Å²) in [4.78, 5) is 0. The van der Waals surface area contributed by atoms with Crippen molar-refractivity contribution in [1.82, 2.24) is 0 Å². The lowest BCUT2D eigenvalue weighted by atomic mass is 9.72. The monoisotopic (exact) mass is 313 g/mol. The van der Waals surface area contributed by atoms with E-state index < -0.39 is 0 Å². The minimum atomic E-state index is -0.160. The Morgan fingerprint density at radius 1 is 1.28 bits per heavy atom. The highest BCUT2D eigenvalue weighted by molar-refractivity contribution is 9.10. The van der Waals surface area contributed by atoms with E-state index in [0.29, 0.717) is 11.8 Å². The standard InChI is InChI=1S/C15H21BrFN/c1-10-2-3-12(9-18)13(4-10)5-11-6-14(16)8-15(17)7-11/h6-8,10,12-13H,2-5,9,18H2,1H3. The second-order valence-corrected chi connectivity index (χ2v) is 6.57. The van der Waals surface area contributed by atoms with Gasteiger partial charge in [-0.1, -0.05) is 29.3 Å². The van der Waals surface area contributed by atoms with E-state index in [1.54, 1.807) is 6.07 Å². The Morgan fingerprint density at radius 3 is 2.72 bits per heavy atom. The van der Waals surface area contributed by atoms with E-state index in [1.807, 2.05) is 6.07 Å². The zero-order valence-electron chi connectivity index (χ0n) is 10.8. The summed E-state index contributed by atoms with van der Waals surface area (Å²) >= 11 is 3.36. The highest BCUT2D eigenvalue weighted by Crippen LogP contribution is 2.35. The van der Waals surface area contributed by atoms with Crippen molar-refractivity contribution in [1.29, 1.82) is 0 Å². The smallest absolute Gasteiger partial charge is 0.124 e. The molecule has 0 bridgehead atoms. The molecule has 0 radical (unpaired) electrons. The second kappa shape index (κ2) is 6.16. The third-order valence-electron chi connectivity index (χ3n) is 4.13. The number of nitrogens with two attached hydrogens (primary N) is 1. The van der Waals surface area contributed by atoms with Gasteiger partial charge in [0.25, 0.3) is 0 Å². The average Bonchev–Trinajstić information content (AvgIpc) is 2.27. The number of halogens is 2. The summed E-state index contributed by atoms with van der Waals surface area (Å²) in [5.74, 6) is 1.82. The first kappa shape index (κ1) is 14.0. The topological polar surface area (TPSA) is 26.0 Å². The van der Waals surface area contributed by atoms with Crippen LogP contribution in [-0.4, -0.2) is 6.54 Å². The van der Waals surface area contributed by atoms with Gasteiger partial charge in [-0.2, -0.15) is 0 Å². The Balaban J connectivity index is 2.10. The summed E-state index contributed by atoms with van der Waals surface area (Å²) in [6.45, 7) is 3.06. The molecule has 3 heteroatoms. The van der Waals surface area contributed by atoms with Crippen molar-refractivity contribution in [3.8, 4) is 0 Å². The molecule has 1 aliphatic carbocycles. The van der Waals surface area contributed by atoms with E-state index in [0.717, 1.165) is 28.9 Å². The molecule has 0 saturated heterocycles. The molecule has 18 heavy (non-hydrogen) atoms. The van der Waals surface area contributed by atoms with E-state index in [1.165, 1.54) is 25.3 Å². The molecule has 2 N–H and O–H groups in total. The molecule has 1 aliphatic rings. The van der Waals surface area contributed by atoms with Crippen LogP contribution in [0.1, 0.15) is 31.7 Å². The van der Waals surface area contributed by atoms with Crippen LogP contribution >= 0.6 is 15.9 Å². The fourth-order valence-corrected chi connectivity index (χ4v) is 3.67. The molecule has 3 unspecified atom stereocenters. The van der Waals surface area contributed by atoms with Gasteiger partial charge in [-0.15, -0.1) is 0 Å². The summed E-state index contributed by atoms with van der Waals surface area (Å²) in [5, 5.41) is 0. The average molecular weight is 314 g/mol. The van der Waals surface area contributed by atoms with Gasteiger partial charge in [0.2, 0.25) is 0 Å². The van der Waals surface area contributed by atoms with Gasteiger partial charge in [0.05, 0.1) is 0 Å². The molecule has 0 spiro atoms. The molecular formula is C15H21BrFN. The van der Waals surface area contributed by atoms with E-state index in [9.17, 15) is 4.39 Å². The summed E-state index contributed by atoms with van der Waals surface area (Å²) in [6.07, 6.45) is 4.67. The number of hydrogen-bond acceptors (Lipinski definition) is 1. The Morgan fingerprint density at radius 2 is 2.06 bits per heavy atom. The summed E-state index contributed by atoms with van der Waals surface area (Å²) in [5.41, 5.74) is 6.95. The van der Waals surface area contributed by atoms with Gasteiger partial charge >= 0.3 is 0 Å². The van der Waals surface area contributed by atoms with Gasteiger partial charge < -0.3 is 5.73 Å². The van der Waals surface area contributed by atoms with E-state index in [4.69, 9.17) is 5.73 Å². The molecule has 2 rings (SSSR count). The molecule has 1 fully saturated rings. The highest BCUT2D eigenvalue weighted by atomic mass is 79.9. The third kappa shape index (κ3) is 3.55. The van der Waals surface area contributed by atoms with Crippen molar-refractivity contribution >= 4 is 15.9 Å². The Bertz CT molecular complexity index is 387. The van der Waals surface area contributed by atoms with Crippen molar-refractivity contribution in [3.05, 3.63) is 34.1 Å². The molecule has 0 amide bonds. The zero-order chi connectivity index (χ0) is 13.1. The Labute approximate surface area is 117 Å². The van der Waals surface area contributed by atoms with Crippen molar-refractivity contribution in [2.45, 2.75) is 32.6 Å². The molecule has 1 aromatic carbocycles. The van der Waals surface area contributed by atoms with Crippen molar-refractivity contribution in [2.24, 2.45) is 23.5 Å². The molecule has 0 heterocycles. The fraction of sp³-hybridized carbons (Fsp3) is 0.600. The maximum absolute atomic E-state index is 13.4. The van der Waals surface area contributed by atoms with Crippen LogP contribution in [0.15, 0.2) is 22.7 Å². The lowest BCUT2D eigenvalue weighted by Gasteiger charge is -2.34. The van der Waals surface area contributed by atoms with Gasteiger partial charge in [0, 0.05) is 4.47 Å². The minimum Gasteiger partial charge on any atom is -0.330 e. The van der Waals surface area contributed by atoms with Crippen LogP contribution in [-0.2, 0) is 6.42 Å².